The molecule has 0 aromatic heterocycles. The highest BCUT2D eigenvalue weighted by Crippen LogP contribution is 2.28. The lowest BCUT2D eigenvalue weighted by molar-refractivity contribution is 0.390. The second kappa shape index (κ2) is 4.52. The summed E-state index contributed by atoms with van der Waals surface area (Å²) in [7, 11) is 0. The zero-order chi connectivity index (χ0) is 8.23. The standard InChI is InChI=1S/C10H19NS/c1-2-4-9(5-3-1)8-12-10-6-11-7-10/h9-11H,1-8H2. The quantitative estimate of drug-likeness (QED) is 0.724. The molecule has 0 amide bonds. The van der Waals surface area contributed by atoms with E-state index in [-0.39, 0.29) is 0 Å². The van der Waals surface area contributed by atoms with Crippen molar-refractivity contribution in [1.29, 1.82) is 0 Å². The third kappa shape index (κ3) is 2.40. The van der Waals surface area contributed by atoms with Gasteiger partial charge in [-0.1, -0.05) is 19.3 Å². The molecule has 2 aliphatic rings. The van der Waals surface area contributed by atoms with E-state index < -0.39 is 0 Å². The molecular formula is C10H19NS. The van der Waals surface area contributed by atoms with E-state index in [4.69, 9.17) is 0 Å². The fourth-order valence-electron chi connectivity index (χ4n) is 2.01. The first kappa shape index (κ1) is 8.89. The van der Waals surface area contributed by atoms with Gasteiger partial charge in [-0.15, -0.1) is 0 Å². The molecule has 2 heteroatoms. The zero-order valence-electron chi connectivity index (χ0n) is 7.72. The van der Waals surface area contributed by atoms with Gasteiger partial charge in [-0.25, -0.2) is 0 Å². The van der Waals surface area contributed by atoms with Crippen molar-refractivity contribution in [3.8, 4) is 0 Å². The fourth-order valence-corrected chi connectivity index (χ4v) is 3.36. The molecule has 0 aromatic carbocycles. The van der Waals surface area contributed by atoms with Crippen LogP contribution < -0.4 is 5.32 Å². The Balaban J connectivity index is 1.58. The molecule has 0 bridgehead atoms. The number of hydrogen-bond donors (Lipinski definition) is 1. The predicted octanol–water partition coefficient (Wildman–Crippen LogP) is 2.27. The van der Waals surface area contributed by atoms with E-state index in [2.05, 4.69) is 17.1 Å². The van der Waals surface area contributed by atoms with E-state index in [1.54, 1.807) is 0 Å². The molecule has 0 atom stereocenters. The molecule has 1 saturated heterocycles. The molecule has 2 rings (SSSR count). The van der Waals surface area contributed by atoms with Crippen LogP contribution in [0, 0.1) is 5.92 Å². The summed E-state index contributed by atoms with van der Waals surface area (Å²) in [4.78, 5) is 0. The van der Waals surface area contributed by atoms with Crippen LogP contribution in [0.4, 0.5) is 0 Å². The average Bonchev–Trinajstić information content (AvgIpc) is 2.04. The van der Waals surface area contributed by atoms with Crippen LogP contribution in [-0.2, 0) is 0 Å². The van der Waals surface area contributed by atoms with Crippen LogP contribution in [-0.4, -0.2) is 24.1 Å². The molecule has 2 fully saturated rings. The largest absolute Gasteiger partial charge is 0.314 e. The molecule has 1 aliphatic carbocycles. The minimum absolute atomic E-state index is 0.951. The van der Waals surface area contributed by atoms with E-state index in [9.17, 15) is 0 Å². The summed E-state index contributed by atoms with van der Waals surface area (Å²) < 4.78 is 0. The second-order valence-electron chi connectivity index (χ2n) is 4.12. The van der Waals surface area contributed by atoms with Gasteiger partial charge in [0.05, 0.1) is 0 Å². The van der Waals surface area contributed by atoms with Crippen LogP contribution in [0.3, 0.4) is 0 Å². The zero-order valence-corrected chi connectivity index (χ0v) is 8.54. The summed E-state index contributed by atoms with van der Waals surface area (Å²) in [5.41, 5.74) is 0. The van der Waals surface area contributed by atoms with E-state index >= 15 is 0 Å². The molecule has 12 heavy (non-hydrogen) atoms. The highest BCUT2D eigenvalue weighted by atomic mass is 32.2. The van der Waals surface area contributed by atoms with Crippen molar-refractivity contribution in [2.45, 2.75) is 37.4 Å². The molecule has 1 nitrogen and oxygen atoms in total. The van der Waals surface area contributed by atoms with Crippen molar-refractivity contribution in [2.75, 3.05) is 18.8 Å². The van der Waals surface area contributed by atoms with Crippen LogP contribution in [0.1, 0.15) is 32.1 Å². The van der Waals surface area contributed by atoms with Crippen LogP contribution >= 0.6 is 11.8 Å². The molecule has 0 radical (unpaired) electrons. The maximum absolute atomic E-state index is 3.33. The lowest BCUT2D eigenvalue weighted by Crippen LogP contribution is -2.44. The number of rotatable bonds is 3. The van der Waals surface area contributed by atoms with Gasteiger partial charge in [-0.05, 0) is 24.5 Å². The summed E-state index contributed by atoms with van der Waals surface area (Å²) in [6, 6.07) is 0. The molecule has 1 aliphatic heterocycles. The van der Waals surface area contributed by atoms with Crippen molar-refractivity contribution >= 4 is 11.8 Å². The van der Waals surface area contributed by atoms with Crippen molar-refractivity contribution in [1.82, 2.24) is 5.32 Å². The Labute approximate surface area is 79.7 Å². The number of nitrogens with one attached hydrogen (secondary N) is 1. The minimum atomic E-state index is 0.951. The Morgan fingerprint density at radius 3 is 2.42 bits per heavy atom. The Hall–Kier alpha value is 0.310. The molecule has 1 saturated carbocycles. The average molecular weight is 185 g/mol. The Kier molecular flexibility index (Phi) is 3.35. The molecule has 1 N–H and O–H groups in total. The van der Waals surface area contributed by atoms with Crippen molar-refractivity contribution in [3.05, 3.63) is 0 Å². The van der Waals surface area contributed by atoms with Crippen LogP contribution in [0.5, 0.6) is 0 Å². The normalized spacial score (nSPS) is 27.0. The summed E-state index contributed by atoms with van der Waals surface area (Å²) in [5.74, 6) is 2.50. The van der Waals surface area contributed by atoms with E-state index in [0.717, 1.165) is 11.2 Å². The Morgan fingerprint density at radius 2 is 1.83 bits per heavy atom. The van der Waals surface area contributed by atoms with Gasteiger partial charge < -0.3 is 5.32 Å². The minimum Gasteiger partial charge on any atom is -0.314 e. The van der Waals surface area contributed by atoms with Crippen molar-refractivity contribution in [2.24, 2.45) is 5.92 Å². The molecule has 0 unspecified atom stereocenters. The summed E-state index contributed by atoms with van der Waals surface area (Å²) >= 11 is 2.21. The van der Waals surface area contributed by atoms with Gasteiger partial charge in [0.1, 0.15) is 0 Å². The third-order valence-electron chi connectivity index (χ3n) is 3.04. The van der Waals surface area contributed by atoms with Crippen molar-refractivity contribution < 1.29 is 0 Å². The number of hydrogen-bond acceptors (Lipinski definition) is 2. The second-order valence-corrected chi connectivity index (χ2v) is 5.45. The predicted molar refractivity (Wildman–Crippen MR) is 55.7 cm³/mol. The Morgan fingerprint density at radius 1 is 1.08 bits per heavy atom. The van der Waals surface area contributed by atoms with Crippen LogP contribution in [0.25, 0.3) is 0 Å². The highest BCUT2D eigenvalue weighted by Gasteiger charge is 2.20. The van der Waals surface area contributed by atoms with Crippen LogP contribution in [0.15, 0.2) is 0 Å². The van der Waals surface area contributed by atoms with E-state index in [1.807, 2.05) is 0 Å². The highest BCUT2D eigenvalue weighted by molar-refractivity contribution is 8.00. The van der Waals surface area contributed by atoms with Gasteiger partial charge >= 0.3 is 0 Å². The molecule has 0 spiro atoms. The smallest absolute Gasteiger partial charge is 0.0297 e. The first-order valence-electron chi connectivity index (χ1n) is 5.27. The maximum atomic E-state index is 3.33. The molecule has 70 valence electrons. The van der Waals surface area contributed by atoms with E-state index in [0.29, 0.717) is 0 Å². The van der Waals surface area contributed by atoms with Crippen molar-refractivity contribution in [3.63, 3.8) is 0 Å². The van der Waals surface area contributed by atoms with Gasteiger partial charge in [0.2, 0.25) is 0 Å². The van der Waals surface area contributed by atoms with E-state index in [1.165, 1.54) is 50.9 Å². The van der Waals surface area contributed by atoms with Crippen LogP contribution in [0.2, 0.25) is 0 Å². The number of thioether (sulfide) groups is 1. The lowest BCUT2D eigenvalue weighted by Gasteiger charge is -2.29. The monoisotopic (exact) mass is 185 g/mol. The fraction of sp³-hybridized carbons (Fsp3) is 1.00. The van der Waals surface area contributed by atoms with Gasteiger partial charge in [0.25, 0.3) is 0 Å². The van der Waals surface area contributed by atoms with Gasteiger partial charge in [-0.3, -0.25) is 0 Å². The topological polar surface area (TPSA) is 12.0 Å². The lowest BCUT2D eigenvalue weighted by atomic mass is 9.91. The molecule has 0 aromatic rings. The van der Waals surface area contributed by atoms with Gasteiger partial charge in [-0.2, -0.15) is 11.8 Å². The Bertz CT molecular complexity index is 128. The van der Waals surface area contributed by atoms with Gasteiger partial charge in [0.15, 0.2) is 0 Å². The molecular weight excluding hydrogens is 166 g/mol. The first-order chi connectivity index (χ1) is 5.95. The summed E-state index contributed by atoms with van der Waals surface area (Å²) in [6.45, 7) is 2.52. The third-order valence-corrected chi connectivity index (χ3v) is 4.50. The summed E-state index contributed by atoms with van der Waals surface area (Å²) in [6.07, 6.45) is 7.49. The maximum Gasteiger partial charge on any atom is 0.0297 e. The first-order valence-corrected chi connectivity index (χ1v) is 6.32. The summed E-state index contributed by atoms with van der Waals surface area (Å²) in [5, 5.41) is 4.28. The van der Waals surface area contributed by atoms with Gasteiger partial charge in [0, 0.05) is 18.3 Å². The SMILES string of the molecule is C1CCC(CSC2CNC2)CC1. The molecule has 1 heterocycles.